The van der Waals surface area contributed by atoms with Crippen molar-refractivity contribution in [2.75, 3.05) is 21.9 Å². The van der Waals surface area contributed by atoms with Crippen LogP contribution in [0.4, 0.5) is 17.8 Å². The van der Waals surface area contributed by atoms with Gasteiger partial charge in [0.15, 0.2) is 0 Å². The Morgan fingerprint density at radius 2 is 0.957 bits per heavy atom. The Bertz CT molecular complexity index is 1310. The molecule has 3 aromatic rings. The van der Waals surface area contributed by atoms with Crippen LogP contribution in [0.5, 0.6) is 11.5 Å². The molecule has 256 valence electrons. The molecule has 2 aromatic carbocycles. The van der Waals surface area contributed by atoms with Crippen LogP contribution >= 0.6 is 0 Å². The molecule has 1 heterocycles. The Morgan fingerprint density at radius 3 is 1.34 bits per heavy atom. The Labute approximate surface area is 278 Å². The fourth-order valence-corrected chi connectivity index (χ4v) is 5.27. The van der Waals surface area contributed by atoms with E-state index in [1.54, 1.807) is 24.3 Å². The van der Waals surface area contributed by atoms with Gasteiger partial charge in [0.2, 0.25) is 5.95 Å². The van der Waals surface area contributed by atoms with Crippen molar-refractivity contribution in [3.05, 3.63) is 59.7 Å². The summed E-state index contributed by atoms with van der Waals surface area (Å²) in [7, 11) is 0. The van der Waals surface area contributed by atoms with Crippen LogP contribution in [-0.2, 0) is 0 Å². The van der Waals surface area contributed by atoms with Crippen molar-refractivity contribution in [1.29, 1.82) is 0 Å². The minimum atomic E-state index is -0.778. The average molecular weight is 649 g/mol. The molecule has 0 atom stereocenters. The van der Waals surface area contributed by atoms with Gasteiger partial charge in [0.25, 0.3) is 23.7 Å². The highest BCUT2D eigenvalue weighted by molar-refractivity contribution is 6.07. The number of phenolic OH excluding ortho intramolecular Hbond substituents is 2. The van der Waals surface area contributed by atoms with Crippen LogP contribution < -0.4 is 27.0 Å². The van der Waals surface area contributed by atoms with Gasteiger partial charge in [-0.1, -0.05) is 128 Å². The summed E-state index contributed by atoms with van der Waals surface area (Å²) >= 11 is 0. The number of phenols is 2. The second kappa shape index (κ2) is 20.8. The first-order valence-electron chi connectivity index (χ1n) is 17.1. The number of carbonyl (C=O) groups excluding carboxylic acids is 2. The van der Waals surface area contributed by atoms with E-state index in [-0.39, 0.29) is 40.5 Å². The molecule has 0 aliphatic heterocycles. The van der Waals surface area contributed by atoms with Crippen LogP contribution in [0.3, 0.4) is 0 Å². The number of nitrogens with zero attached hydrogens (tertiary/aromatic N) is 5. The zero-order valence-corrected chi connectivity index (χ0v) is 27.7. The highest BCUT2D eigenvalue weighted by Gasteiger charge is 2.25. The van der Waals surface area contributed by atoms with Gasteiger partial charge in [-0.15, -0.1) is 0 Å². The molecule has 0 unspecified atom stereocenters. The van der Waals surface area contributed by atoms with Crippen molar-refractivity contribution < 1.29 is 19.8 Å². The molecule has 0 saturated heterocycles. The summed E-state index contributed by atoms with van der Waals surface area (Å²) in [6, 6.07) is 11.8. The summed E-state index contributed by atoms with van der Waals surface area (Å²) in [5, 5.41) is 24.7. The number of amides is 2. The highest BCUT2D eigenvalue weighted by atomic mass is 16.3. The third-order valence-electron chi connectivity index (χ3n) is 8.06. The van der Waals surface area contributed by atoms with E-state index in [4.69, 9.17) is 11.7 Å². The van der Waals surface area contributed by atoms with E-state index >= 15 is 0 Å². The molecule has 0 fully saturated rings. The maximum absolute atomic E-state index is 13.1. The fraction of sp³-hybridized carbons (Fsp3) is 0.514. The first kappa shape index (κ1) is 37.2. The van der Waals surface area contributed by atoms with Crippen molar-refractivity contribution in [1.82, 2.24) is 15.0 Å². The smallest absolute Gasteiger partial charge is 0.278 e. The van der Waals surface area contributed by atoms with Gasteiger partial charge in [0.1, 0.15) is 11.5 Å². The van der Waals surface area contributed by atoms with Crippen LogP contribution in [-0.4, -0.2) is 43.5 Å². The minimum absolute atomic E-state index is 0.0606. The topological polar surface area (TPSA) is 184 Å². The first-order chi connectivity index (χ1) is 22.8. The number of hydrogen-bond acceptors (Lipinski definition) is 10. The second-order valence-corrected chi connectivity index (χ2v) is 11.9. The van der Waals surface area contributed by atoms with Gasteiger partial charge >= 0.3 is 0 Å². The summed E-state index contributed by atoms with van der Waals surface area (Å²) in [6.45, 7) is 2.80. The number of rotatable bonds is 22. The maximum Gasteiger partial charge on any atom is 0.278 e. The molecule has 3 rings (SSSR count). The number of aromatic nitrogens is 3. The zero-order valence-electron chi connectivity index (χ0n) is 27.7. The summed E-state index contributed by atoms with van der Waals surface area (Å²) < 4.78 is 0. The SMILES string of the molecule is CCCCCCCCCCCCCCCCCCNc1nc(N(N)C(=O)c2ccccc2O)nc(N(N)C(=O)c2ccccc2O)n1. The maximum atomic E-state index is 13.1. The van der Waals surface area contributed by atoms with Crippen molar-refractivity contribution in [3.63, 3.8) is 0 Å². The number of carbonyl (C=O) groups is 2. The molecule has 0 bridgehead atoms. The molecule has 0 aliphatic rings. The summed E-state index contributed by atoms with van der Waals surface area (Å²) in [6.07, 6.45) is 20.4. The lowest BCUT2D eigenvalue weighted by Crippen LogP contribution is -2.42. The number of nitrogens with one attached hydrogen (secondary N) is 1. The predicted molar refractivity (Wildman–Crippen MR) is 186 cm³/mol. The fourth-order valence-electron chi connectivity index (χ4n) is 5.27. The van der Waals surface area contributed by atoms with E-state index < -0.39 is 11.8 Å². The zero-order chi connectivity index (χ0) is 33.9. The Kier molecular flexibility index (Phi) is 16.4. The number of anilines is 3. The van der Waals surface area contributed by atoms with Gasteiger partial charge in [0.05, 0.1) is 11.1 Å². The predicted octanol–water partition coefficient (Wildman–Crippen LogP) is 7.00. The molecule has 2 amide bonds. The molecule has 0 spiro atoms. The summed E-state index contributed by atoms with van der Waals surface area (Å²) in [4.78, 5) is 38.8. The molecular formula is C35H52N8O4. The molecule has 7 N–H and O–H groups in total. The number of unbranched alkanes of at least 4 members (excludes halogenated alkanes) is 15. The van der Waals surface area contributed by atoms with Crippen molar-refractivity contribution in [2.24, 2.45) is 11.7 Å². The molecule has 12 nitrogen and oxygen atoms in total. The monoisotopic (exact) mass is 648 g/mol. The van der Waals surface area contributed by atoms with Crippen molar-refractivity contribution in [2.45, 2.75) is 110 Å². The van der Waals surface area contributed by atoms with Gasteiger partial charge in [-0.3, -0.25) is 9.59 Å². The Balaban J connectivity index is 1.49. The lowest BCUT2D eigenvalue weighted by atomic mass is 10.0. The van der Waals surface area contributed by atoms with Crippen molar-refractivity contribution in [3.8, 4) is 11.5 Å². The van der Waals surface area contributed by atoms with Crippen LogP contribution in [0.1, 0.15) is 130 Å². The van der Waals surface area contributed by atoms with Gasteiger partial charge in [-0.05, 0) is 30.7 Å². The van der Waals surface area contributed by atoms with Gasteiger partial charge < -0.3 is 15.5 Å². The number of hydrazine groups is 2. The molecule has 0 saturated carbocycles. The van der Waals surface area contributed by atoms with Gasteiger partial charge in [-0.2, -0.15) is 15.0 Å². The first-order valence-corrected chi connectivity index (χ1v) is 17.1. The Hall–Kier alpha value is -4.29. The second-order valence-electron chi connectivity index (χ2n) is 11.9. The lowest BCUT2D eigenvalue weighted by Gasteiger charge is -2.20. The van der Waals surface area contributed by atoms with E-state index in [1.165, 1.54) is 108 Å². The van der Waals surface area contributed by atoms with E-state index in [9.17, 15) is 19.8 Å². The molecule has 12 heteroatoms. The average Bonchev–Trinajstić information content (AvgIpc) is 3.08. The van der Waals surface area contributed by atoms with E-state index in [1.807, 2.05) is 0 Å². The summed E-state index contributed by atoms with van der Waals surface area (Å²) in [5.74, 6) is 9.57. The van der Waals surface area contributed by atoms with Gasteiger partial charge in [-0.25, -0.2) is 21.7 Å². The van der Waals surface area contributed by atoms with Gasteiger partial charge in [0, 0.05) is 6.54 Å². The highest BCUT2D eigenvalue weighted by Crippen LogP contribution is 2.23. The number of benzene rings is 2. The third-order valence-corrected chi connectivity index (χ3v) is 8.06. The molecule has 0 aliphatic carbocycles. The largest absolute Gasteiger partial charge is 0.507 e. The van der Waals surface area contributed by atoms with E-state index in [2.05, 4.69) is 27.2 Å². The number of para-hydroxylation sites is 2. The number of aromatic hydroxyl groups is 2. The molecule has 47 heavy (non-hydrogen) atoms. The van der Waals surface area contributed by atoms with Crippen molar-refractivity contribution >= 4 is 29.7 Å². The van der Waals surface area contributed by atoms with Crippen LogP contribution in [0.2, 0.25) is 0 Å². The standard InChI is InChI=1S/C35H52N8O4/c1-2-3-4-5-6-7-8-9-10-11-12-13-14-15-16-21-26-38-33-39-34(42(36)31(46)27-22-17-19-24-29(27)44)41-35(40-33)43(37)32(47)28-23-18-20-25-30(28)45/h17-20,22-25,44-45H,2-16,21,26,36-37H2,1H3,(H,38,39,40,41). The molecule has 0 radical (unpaired) electrons. The third kappa shape index (κ3) is 12.4. The minimum Gasteiger partial charge on any atom is -0.507 e. The van der Waals surface area contributed by atoms with E-state index in [0.29, 0.717) is 16.6 Å². The van der Waals surface area contributed by atoms with Crippen LogP contribution in [0, 0.1) is 0 Å². The summed E-state index contributed by atoms with van der Waals surface area (Å²) in [5.41, 5.74) is -0.121. The normalized spacial score (nSPS) is 11.0. The molecule has 1 aromatic heterocycles. The quantitative estimate of drug-likeness (QED) is 0.0329. The van der Waals surface area contributed by atoms with E-state index in [0.717, 1.165) is 19.3 Å². The number of hydrogen-bond donors (Lipinski definition) is 5. The lowest BCUT2D eigenvalue weighted by molar-refractivity contribution is 0.0977. The van der Waals surface area contributed by atoms with Crippen LogP contribution in [0.25, 0.3) is 0 Å². The Morgan fingerprint density at radius 1 is 0.596 bits per heavy atom. The molecular weight excluding hydrogens is 596 g/mol. The number of nitrogens with two attached hydrogens (primary N) is 2. The van der Waals surface area contributed by atoms with Crippen LogP contribution in [0.15, 0.2) is 48.5 Å².